The van der Waals surface area contributed by atoms with E-state index >= 15 is 0 Å². The summed E-state index contributed by atoms with van der Waals surface area (Å²) in [6, 6.07) is 0. The lowest BCUT2D eigenvalue weighted by Gasteiger charge is -2.20. The highest BCUT2D eigenvalue weighted by molar-refractivity contribution is 5.75. The zero-order chi connectivity index (χ0) is 13.2. The van der Waals surface area contributed by atoms with Gasteiger partial charge in [-0.05, 0) is 50.9 Å². The van der Waals surface area contributed by atoms with Crippen LogP contribution in [0.1, 0.15) is 52.9 Å². The zero-order valence-corrected chi connectivity index (χ0v) is 11.8. The lowest BCUT2D eigenvalue weighted by atomic mass is 9.91. The van der Waals surface area contributed by atoms with Gasteiger partial charge in [-0.2, -0.15) is 0 Å². The Hall–Kier alpha value is -0.970. The summed E-state index contributed by atoms with van der Waals surface area (Å²) in [5.41, 5.74) is -0.336. The van der Waals surface area contributed by atoms with Crippen molar-refractivity contribution in [1.82, 2.24) is 0 Å². The molecule has 0 saturated heterocycles. The highest BCUT2D eigenvalue weighted by atomic mass is 16.5. The number of carbonyl (C=O) groups is 1. The molecule has 1 saturated carbocycles. The van der Waals surface area contributed by atoms with E-state index in [4.69, 9.17) is 4.74 Å². The fraction of sp³-hybridized carbons (Fsp3) is 0.812. The summed E-state index contributed by atoms with van der Waals surface area (Å²) in [6.07, 6.45) is 5.25. The minimum Gasteiger partial charge on any atom is -0.465 e. The fourth-order valence-electron chi connectivity index (χ4n) is 2.79. The summed E-state index contributed by atoms with van der Waals surface area (Å²) in [7, 11) is 0. The van der Waals surface area contributed by atoms with E-state index in [0.29, 0.717) is 12.5 Å². The third kappa shape index (κ3) is 2.88. The van der Waals surface area contributed by atoms with Crippen molar-refractivity contribution in [1.29, 1.82) is 0 Å². The summed E-state index contributed by atoms with van der Waals surface area (Å²) in [5, 5.41) is 0. The number of hydrogen-bond donors (Lipinski definition) is 0. The SMILES string of the molecule is CCC(C)(C)C(=O)OCC1[C@H]2CCC#CCC[C@@H]12. The number of fused-ring (bicyclic) bond motifs is 1. The predicted octanol–water partition coefficient (Wildman–Crippen LogP) is 3.41. The van der Waals surface area contributed by atoms with Crippen LogP contribution in [0.2, 0.25) is 0 Å². The maximum atomic E-state index is 11.9. The molecule has 3 atom stereocenters. The van der Waals surface area contributed by atoms with Gasteiger partial charge in [0.1, 0.15) is 0 Å². The Labute approximate surface area is 110 Å². The van der Waals surface area contributed by atoms with E-state index < -0.39 is 0 Å². The molecule has 0 bridgehead atoms. The summed E-state index contributed by atoms with van der Waals surface area (Å²) in [6.45, 7) is 6.57. The van der Waals surface area contributed by atoms with Crippen LogP contribution in [0, 0.1) is 35.0 Å². The van der Waals surface area contributed by atoms with Gasteiger partial charge in [0.25, 0.3) is 0 Å². The molecule has 0 spiro atoms. The molecule has 0 radical (unpaired) electrons. The maximum Gasteiger partial charge on any atom is 0.311 e. The lowest BCUT2D eigenvalue weighted by Crippen LogP contribution is -2.26. The van der Waals surface area contributed by atoms with Crippen molar-refractivity contribution < 1.29 is 9.53 Å². The van der Waals surface area contributed by atoms with Crippen molar-refractivity contribution in [3.63, 3.8) is 0 Å². The number of rotatable bonds is 4. The predicted molar refractivity (Wildman–Crippen MR) is 71.7 cm³/mol. The summed E-state index contributed by atoms with van der Waals surface area (Å²) < 4.78 is 5.52. The highest BCUT2D eigenvalue weighted by Crippen LogP contribution is 2.52. The van der Waals surface area contributed by atoms with Crippen LogP contribution in [0.4, 0.5) is 0 Å². The quantitative estimate of drug-likeness (QED) is 0.563. The molecule has 2 aliphatic rings. The molecule has 0 aromatic heterocycles. The first-order valence-electron chi connectivity index (χ1n) is 7.19. The van der Waals surface area contributed by atoms with Crippen molar-refractivity contribution in [3.05, 3.63) is 0 Å². The van der Waals surface area contributed by atoms with E-state index in [2.05, 4.69) is 11.8 Å². The molecule has 2 nitrogen and oxygen atoms in total. The average molecular weight is 248 g/mol. The largest absolute Gasteiger partial charge is 0.465 e. The first kappa shape index (κ1) is 13.5. The van der Waals surface area contributed by atoms with Gasteiger partial charge in [-0.15, -0.1) is 11.8 Å². The van der Waals surface area contributed by atoms with Crippen molar-refractivity contribution in [2.45, 2.75) is 52.9 Å². The van der Waals surface area contributed by atoms with Crippen LogP contribution < -0.4 is 0 Å². The number of esters is 1. The molecular weight excluding hydrogens is 224 g/mol. The van der Waals surface area contributed by atoms with Gasteiger partial charge in [-0.25, -0.2) is 0 Å². The molecule has 0 aliphatic heterocycles. The van der Waals surface area contributed by atoms with Gasteiger partial charge in [-0.1, -0.05) is 6.92 Å². The molecule has 2 heteroatoms. The first-order valence-corrected chi connectivity index (χ1v) is 7.19. The van der Waals surface area contributed by atoms with E-state index in [-0.39, 0.29) is 11.4 Å². The third-order valence-corrected chi connectivity index (χ3v) is 4.68. The molecule has 0 amide bonds. The first-order chi connectivity index (χ1) is 8.56. The molecule has 0 aromatic rings. The molecule has 18 heavy (non-hydrogen) atoms. The average Bonchev–Trinajstić information content (AvgIpc) is 2.96. The van der Waals surface area contributed by atoms with Gasteiger partial charge in [0.05, 0.1) is 12.0 Å². The zero-order valence-electron chi connectivity index (χ0n) is 11.8. The van der Waals surface area contributed by atoms with Crippen molar-refractivity contribution in [2.75, 3.05) is 6.61 Å². The van der Waals surface area contributed by atoms with E-state index in [1.54, 1.807) is 0 Å². The van der Waals surface area contributed by atoms with Crippen LogP contribution in [0.15, 0.2) is 0 Å². The molecule has 1 fully saturated rings. The van der Waals surface area contributed by atoms with Crippen LogP contribution >= 0.6 is 0 Å². The molecule has 0 aromatic carbocycles. The van der Waals surface area contributed by atoms with Crippen molar-refractivity contribution >= 4 is 5.97 Å². The minimum absolute atomic E-state index is 0.0412. The van der Waals surface area contributed by atoms with E-state index in [9.17, 15) is 4.79 Å². The van der Waals surface area contributed by atoms with Crippen LogP contribution in [0.3, 0.4) is 0 Å². The molecule has 2 rings (SSSR count). The fourth-order valence-corrected chi connectivity index (χ4v) is 2.79. The molecule has 1 unspecified atom stereocenters. The smallest absolute Gasteiger partial charge is 0.311 e. The van der Waals surface area contributed by atoms with Crippen LogP contribution in [-0.4, -0.2) is 12.6 Å². The van der Waals surface area contributed by atoms with E-state index in [1.807, 2.05) is 20.8 Å². The summed E-state index contributed by atoms with van der Waals surface area (Å²) in [5.74, 6) is 8.49. The number of carbonyl (C=O) groups excluding carboxylic acids is 1. The second kappa shape index (κ2) is 5.34. The molecule has 100 valence electrons. The van der Waals surface area contributed by atoms with Gasteiger partial charge in [0, 0.05) is 12.8 Å². The lowest BCUT2D eigenvalue weighted by molar-refractivity contribution is -0.154. The molecular formula is C16H24O2. The monoisotopic (exact) mass is 248 g/mol. The van der Waals surface area contributed by atoms with Gasteiger partial charge < -0.3 is 4.74 Å². The minimum atomic E-state index is -0.336. The number of hydrogen-bond acceptors (Lipinski definition) is 2. The van der Waals surface area contributed by atoms with Crippen molar-refractivity contribution in [2.24, 2.45) is 23.2 Å². The Morgan fingerprint density at radius 2 is 1.78 bits per heavy atom. The molecule has 0 N–H and O–H groups in total. The topological polar surface area (TPSA) is 26.3 Å². The summed E-state index contributed by atoms with van der Waals surface area (Å²) in [4.78, 5) is 11.9. The standard InChI is InChI=1S/C16H24O2/c1-4-16(2,3)15(17)18-11-14-12-9-7-5-6-8-10-13(12)14/h12-14H,4,7-11H2,1-3H3/t12-,13+,14?. The second-order valence-electron chi connectivity index (χ2n) is 6.26. The Balaban J connectivity index is 1.78. The Morgan fingerprint density at radius 3 is 2.28 bits per heavy atom. The molecule has 0 heterocycles. The van der Waals surface area contributed by atoms with Gasteiger partial charge in [-0.3, -0.25) is 4.79 Å². The Kier molecular flexibility index (Phi) is 4.00. The Bertz CT molecular complexity index is 354. The van der Waals surface area contributed by atoms with Crippen LogP contribution in [0.5, 0.6) is 0 Å². The second-order valence-corrected chi connectivity index (χ2v) is 6.26. The van der Waals surface area contributed by atoms with Gasteiger partial charge in [0.15, 0.2) is 0 Å². The normalized spacial score (nSPS) is 30.3. The Morgan fingerprint density at radius 1 is 1.22 bits per heavy atom. The van der Waals surface area contributed by atoms with Crippen LogP contribution in [-0.2, 0) is 9.53 Å². The van der Waals surface area contributed by atoms with E-state index in [1.165, 1.54) is 12.8 Å². The highest BCUT2D eigenvalue weighted by Gasteiger charge is 2.49. The van der Waals surface area contributed by atoms with E-state index in [0.717, 1.165) is 31.1 Å². The third-order valence-electron chi connectivity index (χ3n) is 4.68. The van der Waals surface area contributed by atoms with Gasteiger partial charge >= 0.3 is 5.97 Å². The maximum absolute atomic E-state index is 11.9. The van der Waals surface area contributed by atoms with Gasteiger partial charge in [0.2, 0.25) is 0 Å². The number of ether oxygens (including phenoxy) is 1. The van der Waals surface area contributed by atoms with Crippen molar-refractivity contribution in [3.8, 4) is 11.8 Å². The molecule has 2 aliphatic carbocycles. The van der Waals surface area contributed by atoms with Crippen LogP contribution in [0.25, 0.3) is 0 Å². The summed E-state index contributed by atoms with van der Waals surface area (Å²) >= 11 is 0.